The van der Waals surface area contributed by atoms with Crippen molar-refractivity contribution < 1.29 is 14.5 Å². The minimum atomic E-state index is -0.489. The molecule has 0 bridgehead atoms. The zero-order chi connectivity index (χ0) is 20.1. The van der Waals surface area contributed by atoms with Crippen molar-refractivity contribution in [3.05, 3.63) is 82.7 Å². The molecule has 9 nitrogen and oxygen atoms in total. The highest BCUT2D eigenvalue weighted by atomic mass is 16.6. The Labute approximate surface area is 160 Å². The summed E-state index contributed by atoms with van der Waals surface area (Å²) in [7, 11) is 1.52. The minimum absolute atomic E-state index is 0.0311. The molecule has 142 valence electrons. The second kappa shape index (κ2) is 8.12. The summed E-state index contributed by atoms with van der Waals surface area (Å²) >= 11 is 0. The molecule has 3 rings (SSSR count). The highest BCUT2D eigenvalue weighted by Crippen LogP contribution is 2.15. The van der Waals surface area contributed by atoms with Crippen molar-refractivity contribution >= 4 is 23.2 Å². The summed E-state index contributed by atoms with van der Waals surface area (Å²) < 4.78 is 1.44. The summed E-state index contributed by atoms with van der Waals surface area (Å²) in [5.41, 5.74) is 1.50. The standard InChI is InChI=1S/C19H17N5O4/c1-22(13-18(25)21-15-5-3-2-4-6-15)19(26)14-11-20-23(12-14)16-7-9-17(10-8-16)24(27)28/h2-12H,13H2,1H3,(H,21,25). The smallest absolute Gasteiger partial charge is 0.269 e. The van der Waals surface area contributed by atoms with Crippen LogP contribution < -0.4 is 5.32 Å². The van der Waals surface area contributed by atoms with E-state index < -0.39 is 4.92 Å². The van der Waals surface area contributed by atoms with Gasteiger partial charge in [-0.15, -0.1) is 0 Å². The number of nitro benzene ring substituents is 1. The average molecular weight is 379 g/mol. The minimum Gasteiger partial charge on any atom is -0.332 e. The number of nitrogens with one attached hydrogen (secondary N) is 1. The highest BCUT2D eigenvalue weighted by molar-refractivity contribution is 5.99. The van der Waals surface area contributed by atoms with Crippen LogP contribution in [0.25, 0.3) is 5.69 Å². The molecule has 1 heterocycles. The van der Waals surface area contributed by atoms with Crippen LogP contribution in [0.15, 0.2) is 67.0 Å². The number of anilines is 1. The molecule has 28 heavy (non-hydrogen) atoms. The van der Waals surface area contributed by atoms with Gasteiger partial charge in [0.15, 0.2) is 0 Å². The number of benzene rings is 2. The third kappa shape index (κ3) is 4.39. The first-order valence-corrected chi connectivity index (χ1v) is 8.34. The number of nitro groups is 1. The van der Waals surface area contributed by atoms with Gasteiger partial charge in [0, 0.05) is 31.1 Å². The molecule has 2 aromatic carbocycles. The number of carbonyl (C=O) groups excluding carboxylic acids is 2. The first kappa shape index (κ1) is 18.8. The van der Waals surface area contributed by atoms with Gasteiger partial charge in [-0.25, -0.2) is 4.68 Å². The number of carbonyl (C=O) groups is 2. The molecule has 0 saturated heterocycles. The lowest BCUT2D eigenvalue weighted by atomic mass is 10.3. The topological polar surface area (TPSA) is 110 Å². The molecule has 3 aromatic rings. The Balaban J connectivity index is 1.64. The lowest BCUT2D eigenvalue weighted by Gasteiger charge is -2.15. The van der Waals surface area contributed by atoms with Gasteiger partial charge in [0.1, 0.15) is 0 Å². The van der Waals surface area contributed by atoms with E-state index in [4.69, 9.17) is 0 Å². The van der Waals surface area contributed by atoms with Crippen LogP contribution in [-0.4, -0.2) is 45.0 Å². The van der Waals surface area contributed by atoms with Crippen LogP contribution in [0.2, 0.25) is 0 Å². The van der Waals surface area contributed by atoms with Crippen LogP contribution >= 0.6 is 0 Å². The largest absolute Gasteiger partial charge is 0.332 e. The third-order valence-corrected chi connectivity index (χ3v) is 3.94. The molecule has 0 aliphatic heterocycles. The number of hydrogen-bond donors (Lipinski definition) is 1. The lowest BCUT2D eigenvalue weighted by Crippen LogP contribution is -2.34. The van der Waals surface area contributed by atoms with Gasteiger partial charge in [-0.1, -0.05) is 18.2 Å². The second-order valence-electron chi connectivity index (χ2n) is 6.02. The number of rotatable bonds is 6. The third-order valence-electron chi connectivity index (χ3n) is 3.94. The fourth-order valence-corrected chi connectivity index (χ4v) is 2.53. The Morgan fingerprint density at radius 1 is 1.14 bits per heavy atom. The van der Waals surface area contributed by atoms with Gasteiger partial charge in [0.2, 0.25) is 5.91 Å². The maximum Gasteiger partial charge on any atom is 0.269 e. The van der Waals surface area contributed by atoms with Crippen LogP contribution in [0.3, 0.4) is 0 Å². The molecule has 1 aromatic heterocycles. The van der Waals surface area contributed by atoms with E-state index in [0.717, 1.165) is 0 Å². The van der Waals surface area contributed by atoms with E-state index >= 15 is 0 Å². The Morgan fingerprint density at radius 2 is 1.82 bits per heavy atom. The number of non-ortho nitro benzene ring substituents is 1. The van der Waals surface area contributed by atoms with Gasteiger partial charge in [-0.05, 0) is 24.3 Å². The molecule has 0 spiro atoms. The van der Waals surface area contributed by atoms with Crippen molar-refractivity contribution in [1.29, 1.82) is 0 Å². The average Bonchev–Trinajstić information content (AvgIpc) is 3.18. The van der Waals surface area contributed by atoms with E-state index in [1.165, 1.54) is 53.3 Å². The number of nitrogens with zero attached hydrogens (tertiary/aromatic N) is 4. The first-order valence-electron chi connectivity index (χ1n) is 8.34. The van der Waals surface area contributed by atoms with E-state index in [-0.39, 0.29) is 24.0 Å². The van der Waals surface area contributed by atoms with Crippen LogP contribution in [0, 0.1) is 10.1 Å². The predicted octanol–water partition coefficient (Wildman–Crippen LogP) is 2.49. The number of amides is 2. The Hall–Kier alpha value is -4.01. The maximum absolute atomic E-state index is 12.5. The monoisotopic (exact) mass is 379 g/mol. The zero-order valence-corrected chi connectivity index (χ0v) is 15.0. The fraction of sp³-hybridized carbons (Fsp3) is 0.105. The van der Waals surface area contributed by atoms with Gasteiger partial charge in [0.25, 0.3) is 11.6 Å². The number of aromatic nitrogens is 2. The van der Waals surface area contributed by atoms with Crippen LogP contribution in [0.4, 0.5) is 11.4 Å². The van der Waals surface area contributed by atoms with E-state index in [0.29, 0.717) is 16.9 Å². The summed E-state index contributed by atoms with van der Waals surface area (Å²) in [5, 5.41) is 17.5. The molecular weight excluding hydrogens is 362 g/mol. The Morgan fingerprint density at radius 3 is 2.46 bits per heavy atom. The second-order valence-corrected chi connectivity index (χ2v) is 6.02. The number of para-hydroxylation sites is 1. The number of hydrogen-bond acceptors (Lipinski definition) is 5. The van der Waals surface area contributed by atoms with Crippen molar-refractivity contribution in [1.82, 2.24) is 14.7 Å². The molecule has 2 amide bonds. The van der Waals surface area contributed by atoms with E-state index in [1.54, 1.807) is 24.3 Å². The SMILES string of the molecule is CN(CC(=O)Nc1ccccc1)C(=O)c1cnn(-c2ccc([N+](=O)[O-])cc2)c1. The van der Waals surface area contributed by atoms with Crippen molar-refractivity contribution in [2.45, 2.75) is 0 Å². The Kier molecular flexibility index (Phi) is 5.45. The molecule has 0 saturated carbocycles. The van der Waals surface area contributed by atoms with Gasteiger partial charge in [-0.2, -0.15) is 5.10 Å². The van der Waals surface area contributed by atoms with E-state index in [1.807, 2.05) is 6.07 Å². The van der Waals surface area contributed by atoms with Gasteiger partial charge >= 0.3 is 0 Å². The zero-order valence-electron chi connectivity index (χ0n) is 15.0. The van der Waals surface area contributed by atoms with Crippen molar-refractivity contribution in [2.75, 3.05) is 18.9 Å². The summed E-state index contributed by atoms with van der Waals surface area (Å²) in [6.07, 6.45) is 2.89. The molecule has 0 atom stereocenters. The molecule has 0 fully saturated rings. The summed E-state index contributed by atoms with van der Waals surface area (Å²) in [6, 6.07) is 14.8. The molecule has 0 radical (unpaired) electrons. The van der Waals surface area contributed by atoms with Crippen LogP contribution in [-0.2, 0) is 4.79 Å². The van der Waals surface area contributed by atoms with E-state index in [2.05, 4.69) is 10.4 Å². The molecule has 0 unspecified atom stereocenters. The summed E-state index contributed by atoms with van der Waals surface area (Å²) in [6.45, 7) is -0.115. The van der Waals surface area contributed by atoms with Crippen molar-refractivity contribution in [3.8, 4) is 5.69 Å². The number of likely N-dealkylation sites (N-methyl/N-ethyl adjacent to an activating group) is 1. The lowest BCUT2D eigenvalue weighted by molar-refractivity contribution is -0.384. The fourth-order valence-electron chi connectivity index (χ4n) is 2.53. The predicted molar refractivity (Wildman–Crippen MR) is 102 cm³/mol. The molecule has 0 aliphatic carbocycles. The van der Waals surface area contributed by atoms with E-state index in [9.17, 15) is 19.7 Å². The van der Waals surface area contributed by atoms with Gasteiger partial charge < -0.3 is 10.2 Å². The molecule has 0 aliphatic rings. The first-order chi connectivity index (χ1) is 13.4. The van der Waals surface area contributed by atoms with Gasteiger partial charge in [-0.3, -0.25) is 19.7 Å². The maximum atomic E-state index is 12.5. The Bertz CT molecular complexity index is 999. The summed E-state index contributed by atoms with van der Waals surface area (Å²) in [5.74, 6) is -0.679. The highest BCUT2D eigenvalue weighted by Gasteiger charge is 2.17. The normalized spacial score (nSPS) is 10.3. The van der Waals surface area contributed by atoms with Crippen molar-refractivity contribution in [3.63, 3.8) is 0 Å². The molecular formula is C19H17N5O4. The van der Waals surface area contributed by atoms with Crippen LogP contribution in [0.1, 0.15) is 10.4 Å². The van der Waals surface area contributed by atoms with Crippen LogP contribution in [0.5, 0.6) is 0 Å². The van der Waals surface area contributed by atoms with Gasteiger partial charge in [0.05, 0.1) is 28.9 Å². The summed E-state index contributed by atoms with van der Waals surface area (Å²) in [4.78, 5) is 36.1. The molecule has 9 heteroatoms. The van der Waals surface area contributed by atoms with Crippen molar-refractivity contribution in [2.24, 2.45) is 0 Å². The molecule has 1 N–H and O–H groups in total. The quantitative estimate of drug-likeness (QED) is 0.523.